The van der Waals surface area contributed by atoms with Crippen molar-refractivity contribution in [3.63, 3.8) is 0 Å². The monoisotopic (exact) mass is 410 g/mol. The highest BCUT2D eigenvalue weighted by molar-refractivity contribution is 8.14. The summed E-state index contributed by atoms with van der Waals surface area (Å²) in [7, 11) is 0. The fourth-order valence-corrected chi connectivity index (χ4v) is 3.57. The van der Waals surface area contributed by atoms with Gasteiger partial charge in [-0.1, -0.05) is 55.1 Å². The van der Waals surface area contributed by atoms with E-state index in [0.29, 0.717) is 11.1 Å². The van der Waals surface area contributed by atoms with E-state index in [2.05, 4.69) is 22.3 Å². The van der Waals surface area contributed by atoms with Gasteiger partial charge in [0.1, 0.15) is 11.8 Å². The summed E-state index contributed by atoms with van der Waals surface area (Å²) in [6, 6.07) is 17.3. The Morgan fingerprint density at radius 3 is 2.59 bits per heavy atom. The fourth-order valence-electron chi connectivity index (χ4n) is 2.92. The van der Waals surface area contributed by atoms with Crippen molar-refractivity contribution in [2.45, 2.75) is 33.2 Å². The van der Waals surface area contributed by atoms with Crippen molar-refractivity contribution in [1.82, 2.24) is 5.01 Å². The summed E-state index contributed by atoms with van der Waals surface area (Å²) in [5.41, 5.74) is 1.97. The van der Waals surface area contributed by atoms with Gasteiger partial charge in [-0.25, -0.2) is 0 Å². The Morgan fingerprint density at radius 1 is 1.14 bits per heavy atom. The van der Waals surface area contributed by atoms with Crippen molar-refractivity contribution < 1.29 is 9.53 Å². The number of aryl methyl sites for hydroxylation is 1. The highest BCUT2D eigenvalue weighted by Gasteiger charge is 2.25. The van der Waals surface area contributed by atoms with E-state index < -0.39 is 0 Å². The van der Waals surface area contributed by atoms with Gasteiger partial charge in [-0.2, -0.15) is 4.99 Å². The van der Waals surface area contributed by atoms with E-state index in [1.807, 2.05) is 73.5 Å². The van der Waals surface area contributed by atoms with Crippen molar-refractivity contribution in [3.05, 3.63) is 60.2 Å². The lowest BCUT2D eigenvalue weighted by atomic mass is 10.1. The van der Waals surface area contributed by atoms with E-state index in [9.17, 15) is 4.79 Å². The first-order chi connectivity index (χ1) is 14.1. The number of thioether (sulfide) groups is 1. The second kappa shape index (κ2) is 10.1. The predicted octanol–water partition coefficient (Wildman–Crippen LogP) is 4.39. The Morgan fingerprint density at radius 2 is 1.86 bits per heavy atom. The molecule has 152 valence electrons. The number of benzene rings is 2. The van der Waals surface area contributed by atoms with Gasteiger partial charge >= 0.3 is 0 Å². The summed E-state index contributed by atoms with van der Waals surface area (Å²) >= 11 is 1.30. The van der Waals surface area contributed by atoms with Crippen LogP contribution in [0.2, 0.25) is 0 Å². The maximum absolute atomic E-state index is 12.4. The van der Waals surface area contributed by atoms with E-state index in [1.165, 1.54) is 11.8 Å². The first-order valence-electron chi connectivity index (χ1n) is 9.78. The minimum atomic E-state index is -0.0824. The topological polar surface area (TPSA) is 66.3 Å². The number of para-hydroxylation sites is 2. The number of anilines is 1. The average molecular weight is 411 g/mol. The van der Waals surface area contributed by atoms with Crippen molar-refractivity contribution in [1.29, 1.82) is 0 Å². The zero-order chi connectivity index (χ0) is 20.6. The number of likely N-dealkylation sites (N-methyl/N-ethyl adjacent to an activating group) is 1. The first kappa shape index (κ1) is 20.9. The van der Waals surface area contributed by atoms with Crippen LogP contribution in [-0.2, 0) is 11.2 Å². The van der Waals surface area contributed by atoms with Crippen LogP contribution in [0.1, 0.15) is 26.3 Å². The molecule has 1 heterocycles. The molecule has 0 radical (unpaired) electrons. The Labute approximate surface area is 176 Å². The van der Waals surface area contributed by atoms with Gasteiger partial charge in [0.2, 0.25) is 17.0 Å². The van der Waals surface area contributed by atoms with Crippen molar-refractivity contribution >= 4 is 34.4 Å². The Hall–Kier alpha value is -2.80. The summed E-state index contributed by atoms with van der Waals surface area (Å²) < 4.78 is 5.98. The molecule has 2 aromatic carbocycles. The fraction of sp³-hybridized carbons (Fsp3) is 0.318. The summed E-state index contributed by atoms with van der Waals surface area (Å²) in [6.07, 6.45) is 0.865. The lowest BCUT2D eigenvalue weighted by Crippen LogP contribution is -2.41. The number of carbonyl (C=O) groups is 1. The van der Waals surface area contributed by atoms with Crippen LogP contribution in [-0.4, -0.2) is 40.3 Å². The maximum Gasteiger partial charge on any atom is 0.234 e. The molecule has 0 saturated heterocycles. The molecule has 0 saturated carbocycles. The molecular weight excluding hydrogens is 384 g/mol. The number of hydrogen-bond donors (Lipinski definition) is 1. The van der Waals surface area contributed by atoms with Crippen LogP contribution in [0.5, 0.6) is 5.75 Å². The van der Waals surface area contributed by atoms with Gasteiger partial charge in [-0.15, -0.1) is 5.10 Å². The zero-order valence-corrected chi connectivity index (χ0v) is 17.8. The van der Waals surface area contributed by atoms with Crippen molar-refractivity contribution in [2.24, 2.45) is 10.1 Å². The lowest BCUT2D eigenvalue weighted by Gasteiger charge is -2.29. The molecule has 29 heavy (non-hydrogen) atoms. The molecule has 0 unspecified atom stereocenters. The van der Waals surface area contributed by atoms with Crippen LogP contribution in [0.15, 0.2) is 64.7 Å². The molecule has 6 nitrogen and oxygen atoms in total. The number of nitrogens with zero attached hydrogens (tertiary/aromatic N) is 3. The van der Waals surface area contributed by atoms with E-state index in [4.69, 9.17) is 4.74 Å². The normalized spacial score (nSPS) is 16.1. The van der Waals surface area contributed by atoms with Crippen LogP contribution >= 0.6 is 11.8 Å². The largest absolute Gasteiger partial charge is 0.441 e. The van der Waals surface area contributed by atoms with Crippen LogP contribution < -0.4 is 10.1 Å². The van der Waals surface area contributed by atoms with E-state index in [1.54, 1.807) is 0 Å². The van der Waals surface area contributed by atoms with E-state index in [-0.39, 0.29) is 17.7 Å². The molecule has 2 aromatic rings. The quantitative estimate of drug-likeness (QED) is 0.767. The number of hydrogen-bond acceptors (Lipinski definition) is 6. The summed E-state index contributed by atoms with van der Waals surface area (Å²) in [5.74, 6) is 1.45. The van der Waals surface area contributed by atoms with Crippen LogP contribution in [0.4, 0.5) is 5.69 Å². The SMILES string of the molecule is CCc1ccccc1NC(=O)CSC1=NN(CC)[C@H](C)C(Oc2ccccc2)=N1. The third-order valence-electron chi connectivity index (χ3n) is 4.52. The molecule has 1 aliphatic heterocycles. The van der Waals surface area contributed by atoms with Gasteiger partial charge in [0, 0.05) is 12.2 Å². The molecule has 1 amide bonds. The Balaban J connectivity index is 1.66. The molecule has 7 heteroatoms. The molecule has 1 aliphatic rings. The smallest absolute Gasteiger partial charge is 0.234 e. The van der Waals surface area contributed by atoms with Crippen molar-refractivity contribution in [2.75, 3.05) is 17.6 Å². The van der Waals surface area contributed by atoms with Gasteiger partial charge in [0.15, 0.2) is 0 Å². The van der Waals surface area contributed by atoms with Crippen LogP contribution in [0.25, 0.3) is 0 Å². The molecule has 0 spiro atoms. The van der Waals surface area contributed by atoms with Gasteiger partial charge < -0.3 is 10.1 Å². The Kier molecular flexibility index (Phi) is 7.30. The molecular formula is C22H26N4O2S. The average Bonchev–Trinajstić information content (AvgIpc) is 2.75. The summed E-state index contributed by atoms with van der Waals surface area (Å²) in [5, 5.41) is 9.97. The summed E-state index contributed by atoms with van der Waals surface area (Å²) in [6.45, 7) is 6.82. The first-order valence-corrected chi connectivity index (χ1v) is 10.8. The van der Waals surface area contributed by atoms with Gasteiger partial charge in [0.05, 0.1) is 5.75 Å². The van der Waals surface area contributed by atoms with Crippen LogP contribution in [0, 0.1) is 0 Å². The third kappa shape index (κ3) is 5.60. The van der Waals surface area contributed by atoms with E-state index in [0.717, 1.165) is 30.0 Å². The number of nitrogens with one attached hydrogen (secondary N) is 1. The minimum Gasteiger partial charge on any atom is -0.441 e. The van der Waals surface area contributed by atoms with Gasteiger partial charge in [-0.05, 0) is 44.0 Å². The second-order valence-corrected chi connectivity index (χ2v) is 7.47. The predicted molar refractivity (Wildman–Crippen MR) is 121 cm³/mol. The van der Waals surface area contributed by atoms with Crippen molar-refractivity contribution in [3.8, 4) is 5.75 Å². The van der Waals surface area contributed by atoms with Gasteiger partial charge in [-0.3, -0.25) is 9.80 Å². The third-order valence-corrected chi connectivity index (χ3v) is 5.36. The Bertz CT molecular complexity index is 899. The summed E-state index contributed by atoms with van der Waals surface area (Å²) in [4.78, 5) is 17.0. The van der Waals surface area contributed by atoms with E-state index >= 15 is 0 Å². The highest BCUT2D eigenvalue weighted by Crippen LogP contribution is 2.20. The second-order valence-electron chi connectivity index (χ2n) is 6.53. The number of rotatable bonds is 6. The number of carbonyl (C=O) groups excluding carboxylic acids is 1. The highest BCUT2D eigenvalue weighted by atomic mass is 32.2. The van der Waals surface area contributed by atoms with Gasteiger partial charge in [0.25, 0.3) is 0 Å². The number of aliphatic imine (C=N–C) groups is 1. The number of hydrazone groups is 1. The maximum atomic E-state index is 12.4. The number of ether oxygens (including phenoxy) is 1. The molecule has 1 N–H and O–H groups in total. The molecule has 0 aromatic heterocycles. The zero-order valence-electron chi connectivity index (χ0n) is 17.0. The molecule has 0 bridgehead atoms. The minimum absolute atomic E-state index is 0.0742. The standard InChI is InChI=1S/C22H26N4O2S/c1-4-17-11-9-10-14-19(17)23-20(27)15-29-22-24-21(16(3)26(5-2)25-22)28-18-12-7-6-8-13-18/h6-14,16H,4-5,15H2,1-3H3,(H,23,27)/t16-/m1/s1. The molecule has 1 atom stereocenters. The molecule has 3 rings (SSSR count). The molecule has 0 aliphatic carbocycles. The number of amides is 1. The lowest BCUT2D eigenvalue weighted by molar-refractivity contribution is -0.113. The van der Waals surface area contributed by atoms with Crippen LogP contribution in [0.3, 0.4) is 0 Å². The number of amidine groups is 1. The molecule has 0 fully saturated rings.